The number of nitrogens with zero attached hydrogens (tertiary/aromatic N) is 1. The Morgan fingerprint density at radius 1 is 1.12 bits per heavy atom. The van der Waals surface area contributed by atoms with Gasteiger partial charge in [-0.15, -0.1) is 0 Å². The van der Waals surface area contributed by atoms with Gasteiger partial charge in [-0.3, -0.25) is 9.59 Å². The number of halogens is 2. The molecular weight excluding hydrogens is 443 g/mol. The number of methoxy groups -OCH3 is 1. The smallest absolute Gasteiger partial charge is 0.229 e. The molecule has 1 heterocycles. The Kier molecular flexibility index (Phi) is 6.65. The Bertz CT molecular complexity index is 1180. The van der Waals surface area contributed by atoms with Crippen LogP contribution in [0, 0.1) is 18.7 Å². The van der Waals surface area contributed by atoms with Crippen molar-refractivity contribution in [3.05, 3.63) is 88.7 Å². The third-order valence-corrected chi connectivity index (χ3v) is 6.21. The highest BCUT2D eigenvalue weighted by Crippen LogP contribution is 2.43. The van der Waals surface area contributed by atoms with Crippen molar-refractivity contribution in [2.24, 2.45) is 5.92 Å². The summed E-state index contributed by atoms with van der Waals surface area (Å²) < 4.78 is 19.0. The lowest BCUT2D eigenvalue weighted by molar-refractivity contribution is -0.125. The molecule has 33 heavy (non-hydrogen) atoms. The Labute approximate surface area is 197 Å². The summed E-state index contributed by atoms with van der Waals surface area (Å²) in [5.74, 6) is -0.852. The van der Waals surface area contributed by atoms with Crippen LogP contribution in [0.3, 0.4) is 0 Å². The molecule has 4 rings (SSSR count). The summed E-state index contributed by atoms with van der Waals surface area (Å²) in [7, 11) is 1.56. The van der Waals surface area contributed by atoms with Crippen molar-refractivity contribution in [1.29, 1.82) is 0 Å². The number of carbonyl (C=O) groups is 2. The molecule has 3 aromatic carbocycles. The molecule has 3 aromatic rings. The van der Waals surface area contributed by atoms with Gasteiger partial charge in [0, 0.05) is 17.7 Å². The van der Waals surface area contributed by atoms with E-state index >= 15 is 0 Å². The van der Waals surface area contributed by atoms with E-state index in [-0.39, 0.29) is 23.3 Å². The normalized spacial score (nSPS) is 18.2. The molecule has 2 amide bonds. The standard InChI is InChI=1S/C26H24ClFN2O3/c1-16-7-10-18(11-8-16)30-24(31)14-12-20(25(30)19-5-3-4-6-23(19)33-2)26(32)29-22-13-9-17(28)15-21(22)27/h3-11,13,15,20,25H,12,14H2,1-2H3,(H,29,32)/t20-,25+/m1/s1. The van der Waals surface area contributed by atoms with Crippen molar-refractivity contribution in [2.45, 2.75) is 25.8 Å². The van der Waals surface area contributed by atoms with Crippen molar-refractivity contribution in [3.8, 4) is 5.75 Å². The minimum Gasteiger partial charge on any atom is -0.496 e. The van der Waals surface area contributed by atoms with Gasteiger partial charge in [0.1, 0.15) is 11.6 Å². The Morgan fingerprint density at radius 3 is 2.55 bits per heavy atom. The second-order valence-electron chi connectivity index (χ2n) is 8.04. The molecule has 0 saturated carbocycles. The van der Waals surface area contributed by atoms with Crippen LogP contribution in [-0.2, 0) is 9.59 Å². The minimum absolute atomic E-state index is 0.0707. The second kappa shape index (κ2) is 9.63. The maximum atomic E-state index is 13.5. The van der Waals surface area contributed by atoms with Crippen LogP contribution in [0.15, 0.2) is 66.7 Å². The Hall–Kier alpha value is -3.38. The zero-order valence-corrected chi connectivity index (χ0v) is 19.1. The third-order valence-electron chi connectivity index (χ3n) is 5.89. The molecule has 7 heteroatoms. The van der Waals surface area contributed by atoms with Crippen LogP contribution in [0.1, 0.15) is 30.0 Å². The van der Waals surface area contributed by atoms with E-state index in [1.54, 1.807) is 12.0 Å². The number of aryl methyl sites for hydroxylation is 1. The van der Waals surface area contributed by atoms with Crippen LogP contribution < -0.4 is 15.0 Å². The highest BCUT2D eigenvalue weighted by Gasteiger charge is 2.42. The van der Waals surface area contributed by atoms with E-state index in [9.17, 15) is 14.0 Å². The fourth-order valence-electron chi connectivity index (χ4n) is 4.26. The lowest BCUT2D eigenvalue weighted by Gasteiger charge is -2.41. The number of para-hydroxylation sites is 1. The summed E-state index contributed by atoms with van der Waals surface area (Å²) in [4.78, 5) is 28.3. The van der Waals surface area contributed by atoms with Crippen LogP contribution >= 0.6 is 11.6 Å². The number of hydrogen-bond donors (Lipinski definition) is 1. The summed E-state index contributed by atoms with van der Waals surface area (Å²) in [6.07, 6.45) is 0.573. The van der Waals surface area contributed by atoms with Crippen LogP contribution in [0.25, 0.3) is 0 Å². The molecule has 170 valence electrons. The molecule has 1 aliphatic heterocycles. The summed E-state index contributed by atoms with van der Waals surface area (Å²) in [6, 6.07) is 18.2. The van der Waals surface area contributed by atoms with E-state index in [0.717, 1.165) is 17.2 Å². The monoisotopic (exact) mass is 466 g/mol. The summed E-state index contributed by atoms with van der Waals surface area (Å²) in [6.45, 7) is 1.97. The molecule has 1 saturated heterocycles. The molecule has 5 nitrogen and oxygen atoms in total. The Balaban J connectivity index is 1.78. The molecule has 2 atom stereocenters. The number of amides is 2. The fourth-order valence-corrected chi connectivity index (χ4v) is 4.47. The van der Waals surface area contributed by atoms with Crippen molar-refractivity contribution in [2.75, 3.05) is 17.3 Å². The maximum absolute atomic E-state index is 13.5. The molecule has 0 unspecified atom stereocenters. The maximum Gasteiger partial charge on any atom is 0.229 e. The van der Waals surface area contributed by atoms with Gasteiger partial charge < -0.3 is 15.0 Å². The van der Waals surface area contributed by atoms with Gasteiger partial charge in [0.25, 0.3) is 0 Å². The van der Waals surface area contributed by atoms with Gasteiger partial charge in [0.2, 0.25) is 11.8 Å². The quantitative estimate of drug-likeness (QED) is 0.507. The van der Waals surface area contributed by atoms with Crippen LogP contribution in [0.2, 0.25) is 5.02 Å². The van der Waals surface area contributed by atoms with Crippen LogP contribution in [0.5, 0.6) is 5.75 Å². The SMILES string of the molecule is COc1ccccc1[C@H]1[C@H](C(=O)Nc2ccc(F)cc2Cl)CCC(=O)N1c1ccc(C)cc1. The lowest BCUT2D eigenvalue weighted by atomic mass is 9.82. The van der Waals surface area contributed by atoms with Gasteiger partial charge in [-0.25, -0.2) is 4.39 Å². The number of anilines is 2. The van der Waals surface area contributed by atoms with Gasteiger partial charge in [0.15, 0.2) is 0 Å². The van der Waals surface area contributed by atoms with Crippen LogP contribution in [-0.4, -0.2) is 18.9 Å². The van der Waals surface area contributed by atoms with Crippen molar-refractivity contribution < 1.29 is 18.7 Å². The zero-order valence-electron chi connectivity index (χ0n) is 18.3. The number of carbonyl (C=O) groups excluding carboxylic acids is 2. The summed E-state index contributed by atoms with van der Waals surface area (Å²) >= 11 is 6.14. The highest BCUT2D eigenvalue weighted by atomic mass is 35.5. The number of benzene rings is 3. The number of piperidine rings is 1. The zero-order chi connectivity index (χ0) is 23.5. The highest BCUT2D eigenvalue weighted by molar-refractivity contribution is 6.33. The first kappa shape index (κ1) is 22.8. The van der Waals surface area contributed by atoms with E-state index in [1.807, 2.05) is 55.5 Å². The second-order valence-corrected chi connectivity index (χ2v) is 8.45. The van der Waals surface area contributed by atoms with Crippen molar-refractivity contribution >= 4 is 34.8 Å². The van der Waals surface area contributed by atoms with Gasteiger partial charge >= 0.3 is 0 Å². The van der Waals surface area contributed by atoms with Crippen molar-refractivity contribution in [3.63, 3.8) is 0 Å². The lowest BCUT2D eigenvalue weighted by Crippen LogP contribution is -2.47. The van der Waals surface area contributed by atoms with Gasteiger partial charge in [0.05, 0.1) is 29.8 Å². The van der Waals surface area contributed by atoms with Gasteiger partial charge in [-0.2, -0.15) is 0 Å². The molecular formula is C26H24ClFN2O3. The topological polar surface area (TPSA) is 58.6 Å². The van der Waals surface area contributed by atoms with Gasteiger partial charge in [-0.05, 0) is 49.7 Å². The average Bonchev–Trinajstić information content (AvgIpc) is 2.81. The minimum atomic E-state index is -0.593. The third kappa shape index (κ3) is 4.71. The molecule has 0 aliphatic carbocycles. The van der Waals surface area contributed by atoms with E-state index in [4.69, 9.17) is 16.3 Å². The van der Waals surface area contributed by atoms with E-state index in [0.29, 0.717) is 23.5 Å². The molecule has 1 N–H and O–H groups in total. The largest absolute Gasteiger partial charge is 0.496 e. The molecule has 1 fully saturated rings. The van der Waals surface area contributed by atoms with E-state index < -0.39 is 17.8 Å². The summed E-state index contributed by atoms with van der Waals surface area (Å²) in [5.41, 5.74) is 2.83. The first-order valence-corrected chi connectivity index (χ1v) is 11.0. The van der Waals surface area contributed by atoms with Crippen LogP contribution in [0.4, 0.5) is 15.8 Å². The summed E-state index contributed by atoms with van der Waals surface area (Å²) in [5, 5.41) is 2.93. The molecule has 0 bridgehead atoms. The first-order chi connectivity index (χ1) is 15.9. The van der Waals surface area contributed by atoms with Crippen molar-refractivity contribution in [1.82, 2.24) is 0 Å². The first-order valence-electron chi connectivity index (χ1n) is 10.7. The number of ether oxygens (including phenoxy) is 1. The number of nitrogens with one attached hydrogen (secondary N) is 1. The predicted molar refractivity (Wildman–Crippen MR) is 127 cm³/mol. The number of rotatable bonds is 5. The fraction of sp³-hybridized carbons (Fsp3) is 0.231. The molecule has 0 radical (unpaired) electrons. The molecule has 1 aliphatic rings. The molecule has 0 aromatic heterocycles. The number of hydrogen-bond acceptors (Lipinski definition) is 3. The predicted octanol–water partition coefficient (Wildman–Crippen LogP) is 5.92. The van der Waals surface area contributed by atoms with E-state index in [1.165, 1.54) is 12.1 Å². The average molecular weight is 467 g/mol. The Morgan fingerprint density at radius 2 is 1.85 bits per heavy atom. The molecule has 0 spiro atoms. The van der Waals surface area contributed by atoms with E-state index in [2.05, 4.69) is 5.32 Å². The van der Waals surface area contributed by atoms with Gasteiger partial charge in [-0.1, -0.05) is 47.5 Å².